The van der Waals surface area contributed by atoms with E-state index in [-0.39, 0.29) is 11.5 Å². The number of rotatable bonds is 6. The summed E-state index contributed by atoms with van der Waals surface area (Å²) in [4.78, 5) is 14.5. The first-order valence-electron chi connectivity index (χ1n) is 7.05. The molecule has 18 heavy (non-hydrogen) atoms. The second-order valence-electron chi connectivity index (χ2n) is 5.71. The molecule has 4 heteroatoms. The molecule has 1 saturated heterocycles. The number of hydrogen-bond donors (Lipinski definition) is 1. The van der Waals surface area contributed by atoms with Gasteiger partial charge in [-0.2, -0.15) is 0 Å². The number of piperidine rings is 1. The zero-order valence-electron chi connectivity index (χ0n) is 12.3. The number of hydrogen-bond acceptors (Lipinski definition) is 3. The Morgan fingerprint density at radius 2 is 2.00 bits per heavy atom. The lowest BCUT2D eigenvalue weighted by Gasteiger charge is -2.36. The lowest BCUT2D eigenvalue weighted by atomic mass is 10.00. The fourth-order valence-electron chi connectivity index (χ4n) is 2.41. The van der Waals surface area contributed by atoms with Crippen LogP contribution in [0.25, 0.3) is 0 Å². The molecule has 1 N–H and O–H groups in total. The van der Waals surface area contributed by atoms with Crippen molar-refractivity contribution in [2.75, 3.05) is 26.7 Å². The van der Waals surface area contributed by atoms with Gasteiger partial charge in [-0.05, 0) is 46.2 Å². The molecule has 1 amide bonds. The highest BCUT2D eigenvalue weighted by Crippen LogP contribution is 2.19. The van der Waals surface area contributed by atoms with Crippen molar-refractivity contribution in [1.82, 2.24) is 10.2 Å². The van der Waals surface area contributed by atoms with E-state index < -0.39 is 0 Å². The van der Waals surface area contributed by atoms with E-state index in [0.717, 1.165) is 38.9 Å². The molecule has 4 nitrogen and oxygen atoms in total. The van der Waals surface area contributed by atoms with Gasteiger partial charge in [0.1, 0.15) is 0 Å². The van der Waals surface area contributed by atoms with Crippen LogP contribution < -0.4 is 5.32 Å². The third-order valence-electron chi connectivity index (χ3n) is 3.66. The summed E-state index contributed by atoms with van der Waals surface area (Å²) in [6.45, 7) is 8.97. The van der Waals surface area contributed by atoms with Crippen LogP contribution in [0, 0.1) is 0 Å². The van der Waals surface area contributed by atoms with Gasteiger partial charge in [-0.3, -0.25) is 4.79 Å². The predicted molar refractivity (Wildman–Crippen MR) is 73.6 cm³/mol. The van der Waals surface area contributed by atoms with Gasteiger partial charge in [-0.25, -0.2) is 0 Å². The maximum absolute atomic E-state index is 12.4. The van der Waals surface area contributed by atoms with Crippen LogP contribution in [-0.2, 0) is 9.53 Å². The monoisotopic (exact) mass is 256 g/mol. The minimum atomic E-state index is -0.365. The third kappa shape index (κ3) is 4.58. The van der Waals surface area contributed by atoms with Crippen LogP contribution in [-0.4, -0.2) is 49.2 Å². The van der Waals surface area contributed by atoms with E-state index in [9.17, 15) is 4.79 Å². The summed E-state index contributed by atoms with van der Waals surface area (Å²) in [5, 5.41) is 3.35. The van der Waals surface area contributed by atoms with Gasteiger partial charge in [0.05, 0.1) is 12.0 Å². The number of carbonyl (C=O) groups excluding carboxylic acids is 1. The first-order chi connectivity index (χ1) is 8.50. The first-order valence-corrected chi connectivity index (χ1v) is 7.05. The molecular formula is C14H28N2O2. The molecule has 0 saturated carbocycles. The van der Waals surface area contributed by atoms with Gasteiger partial charge in [-0.1, -0.05) is 6.92 Å². The van der Waals surface area contributed by atoms with Gasteiger partial charge in [-0.15, -0.1) is 0 Å². The van der Waals surface area contributed by atoms with Crippen molar-refractivity contribution in [2.24, 2.45) is 0 Å². The van der Waals surface area contributed by atoms with Gasteiger partial charge < -0.3 is 15.0 Å². The van der Waals surface area contributed by atoms with E-state index in [1.165, 1.54) is 0 Å². The highest BCUT2D eigenvalue weighted by Gasteiger charge is 2.29. The molecule has 0 aromatic carbocycles. The van der Waals surface area contributed by atoms with Crippen LogP contribution in [0.2, 0.25) is 0 Å². The Kier molecular flexibility index (Phi) is 6.09. The topological polar surface area (TPSA) is 41.6 Å². The molecule has 1 heterocycles. The molecule has 1 fully saturated rings. The highest BCUT2D eigenvalue weighted by molar-refractivity contribution is 5.77. The van der Waals surface area contributed by atoms with Crippen molar-refractivity contribution in [3.63, 3.8) is 0 Å². The molecule has 1 aliphatic rings. The van der Waals surface area contributed by atoms with Gasteiger partial charge in [0.25, 0.3) is 0 Å². The van der Waals surface area contributed by atoms with Gasteiger partial charge in [0, 0.05) is 19.7 Å². The molecular weight excluding hydrogens is 228 g/mol. The molecule has 1 rings (SSSR count). The second-order valence-corrected chi connectivity index (χ2v) is 5.71. The lowest BCUT2D eigenvalue weighted by Crippen LogP contribution is -2.48. The molecule has 0 unspecified atom stereocenters. The summed E-state index contributed by atoms with van der Waals surface area (Å²) in [6, 6.07) is 0.409. The predicted octanol–water partition coefficient (Wildman–Crippen LogP) is 1.79. The van der Waals surface area contributed by atoms with Crippen LogP contribution in [0.5, 0.6) is 0 Å². The van der Waals surface area contributed by atoms with Crippen molar-refractivity contribution in [3.05, 3.63) is 0 Å². The molecule has 106 valence electrons. The Balaban J connectivity index is 2.62. The number of methoxy groups -OCH3 is 1. The first kappa shape index (κ1) is 15.4. The van der Waals surface area contributed by atoms with E-state index in [0.29, 0.717) is 12.5 Å². The number of amides is 1. The molecule has 0 bridgehead atoms. The van der Waals surface area contributed by atoms with Gasteiger partial charge >= 0.3 is 0 Å². The second kappa shape index (κ2) is 7.10. The Labute approximate surface area is 111 Å². The van der Waals surface area contributed by atoms with E-state index in [2.05, 4.69) is 17.1 Å². The van der Waals surface area contributed by atoms with Crippen molar-refractivity contribution >= 4 is 5.91 Å². The zero-order chi connectivity index (χ0) is 13.6. The summed E-state index contributed by atoms with van der Waals surface area (Å²) in [5.41, 5.74) is -0.365. The summed E-state index contributed by atoms with van der Waals surface area (Å²) < 4.78 is 5.36. The minimum Gasteiger partial charge on any atom is -0.378 e. The SMILES string of the molecule is CCCN(C(=O)CC(C)(C)OC)C1CCNCC1. The maximum atomic E-state index is 12.4. The standard InChI is InChI=1S/C14H28N2O2/c1-5-10-16(12-6-8-15-9-7-12)13(17)11-14(2,3)18-4/h12,15H,5-11H2,1-4H3. The molecule has 1 aliphatic heterocycles. The highest BCUT2D eigenvalue weighted by atomic mass is 16.5. The van der Waals surface area contributed by atoms with E-state index in [1.807, 2.05) is 13.8 Å². The van der Waals surface area contributed by atoms with Crippen LogP contribution >= 0.6 is 0 Å². The fourth-order valence-corrected chi connectivity index (χ4v) is 2.41. The van der Waals surface area contributed by atoms with E-state index in [4.69, 9.17) is 4.74 Å². The van der Waals surface area contributed by atoms with E-state index >= 15 is 0 Å². The number of ether oxygens (including phenoxy) is 1. The zero-order valence-corrected chi connectivity index (χ0v) is 12.3. The summed E-state index contributed by atoms with van der Waals surface area (Å²) in [7, 11) is 1.67. The van der Waals surface area contributed by atoms with Crippen LogP contribution in [0.1, 0.15) is 46.5 Å². The molecule has 0 radical (unpaired) electrons. The van der Waals surface area contributed by atoms with Gasteiger partial charge in [0.15, 0.2) is 0 Å². The molecule has 0 spiro atoms. The van der Waals surface area contributed by atoms with Crippen molar-refractivity contribution in [2.45, 2.75) is 58.1 Å². The average molecular weight is 256 g/mol. The molecule has 0 aromatic heterocycles. The number of carbonyl (C=O) groups is 1. The van der Waals surface area contributed by atoms with Crippen molar-refractivity contribution in [1.29, 1.82) is 0 Å². The normalized spacial score (nSPS) is 17.8. The van der Waals surface area contributed by atoms with E-state index in [1.54, 1.807) is 7.11 Å². The fraction of sp³-hybridized carbons (Fsp3) is 0.929. The Hall–Kier alpha value is -0.610. The largest absolute Gasteiger partial charge is 0.378 e. The minimum absolute atomic E-state index is 0.232. The summed E-state index contributed by atoms with van der Waals surface area (Å²) >= 11 is 0. The van der Waals surface area contributed by atoms with Crippen LogP contribution in [0.3, 0.4) is 0 Å². The van der Waals surface area contributed by atoms with Gasteiger partial charge in [0.2, 0.25) is 5.91 Å². The Bertz CT molecular complexity index is 261. The maximum Gasteiger partial charge on any atom is 0.225 e. The van der Waals surface area contributed by atoms with Crippen LogP contribution in [0.4, 0.5) is 0 Å². The average Bonchev–Trinajstić information content (AvgIpc) is 2.36. The number of nitrogens with zero attached hydrogens (tertiary/aromatic N) is 1. The Morgan fingerprint density at radius 1 is 1.39 bits per heavy atom. The third-order valence-corrected chi connectivity index (χ3v) is 3.66. The summed E-state index contributed by atoms with van der Waals surface area (Å²) in [5.74, 6) is 0.232. The lowest BCUT2D eigenvalue weighted by molar-refractivity contribution is -0.139. The van der Waals surface area contributed by atoms with Crippen LogP contribution in [0.15, 0.2) is 0 Å². The smallest absolute Gasteiger partial charge is 0.225 e. The number of nitrogens with one attached hydrogen (secondary N) is 1. The molecule has 0 atom stereocenters. The molecule has 0 aliphatic carbocycles. The van der Waals surface area contributed by atoms with Crippen molar-refractivity contribution < 1.29 is 9.53 Å². The summed E-state index contributed by atoms with van der Waals surface area (Å²) in [6.07, 6.45) is 3.62. The molecule has 0 aromatic rings. The van der Waals surface area contributed by atoms with Crippen molar-refractivity contribution in [3.8, 4) is 0 Å². The quantitative estimate of drug-likeness (QED) is 0.788. The Morgan fingerprint density at radius 3 is 2.50 bits per heavy atom.